The highest BCUT2D eigenvalue weighted by molar-refractivity contribution is 5.75. The van der Waals surface area contributed by atoms with Gasteiger partial charge in [-0.2, -0.15) is 0 Å². The Morgan fingerprint density at radius 3 is 2.38 bits per heavy atom. The summed E-state index contributed by atoms with van der Waals surface area (Å²) in [6.45, 7) is 5.33. The number of hydrogen-bond donors (Lipinski definition) is 1. The maximum absolute atomic E-state index is 11.3. The van der Waals surface area contributed by atoms with Crippen molar-refractivity contribution < 1.29 is 9.90 Å². The largest absolute Gasteiger partial charge is 0.395 e. The van der Waals surface area contributed by atoms with Crippen LogP contribution in [0, 0.1) is 0 Å². The molecule has 0 unspecified atom stereocenters. The van der Waals surface area contributed by atoms with Crippen LogP contribution < -0.4 is 0 Å². The van der Waals surface area contributed by atoms with E-state index in [1.807, 2.05) is 6.92 Å². The molecule has 3 heteroatoms. The SMILES string of the molecule is CCCCCN(CCO)C(=O)CC. The average molecular weight is 187 g/mol. The summed E-state index contributed by atoms with van der Waals surface area (Å²) in [6, 6.07) is 0. The number of carbonyl (C=O) groups is 1. The fourth-order valence-electron chi connectivity index (χ4n) is 1.26. The van der Waals surface area contributed by atoms with Crippen LogP contribution in [0.1, 0.15) is 39.5 Å². The molecule has 1 N–H and O–H groups in total. The Kier molecular flexibility index (Phi) is 7.69. The van der Waals surface area contributed by atoms with Gasteiger partial charge < -0.3 is 10.0 Å². The molecule has 0 aliphatic heterocycles. The lowest BCUT2D eigenvalue weighted by atomic mass is 10.2. The summed E-state index contributed by atoms with van der Waals surface area (Å²) in [5.74, 6) is 0.144. The number of carbonyl (C=O) groups excluding carboxylic acids is 1. The van der Waals surface area contributed by atoms with Gasteiger partial charge in [0.15, 0.2) is 0 Å². The predicted molar refractivity (Wildman–Crippen MR) is 53.5 cm³/mol. The molecule has 0 aromatic rings. The number of aliphatic hydroxyl groups is 1. The number of unbranched alkanes of at least 4 members (excludes halogenated alkanes) is 2. The molecule has 1 amide bonds. The van der Waals surface area contributed by atoms with Crippen molar-refractivity contribution in [2.24, 2.45) is 0 Å². The monoisotopic (exact) mass is 187 g/mol. The normalized spacial score (nSPS) is 10.1. The zero-order valence-electron chi connectivity index (χ0n) is 8.75. The molecule has 0 fully saturated rings. The molecule has 0 aromatic carbocycles. The molecule has 3 nitrogen and oxygen atoms in total. The third-order valence-corrected chi connectivity index (χ3v) is 2.06. The highest BCUT2D eigenvalue weighted by atomic mass is 16.3. The minimum Gasteiger partial charge on any atom is -0.395 e. The van der Waals surface area contributed by atoms with Gasteiger partial charge in [-0.3, -0.25) is 4.79 Å². The van der Waals surface area contributed by atoms with Crippen molar-refractivity contribution in [1.82, 2.24) is 4.90 Å². The number of amides is 1. The Balaban J connectivity index is 3.73. The number of hydrogen-bond acceptors (Lipinski definition) is 2. The van der Waals surface area contributed by atoms with Crippen molar-refractivity contribution in [3.63, 3.8) is 0 Å². The van der Waals surface area contributed by atoms with E-state index < -0.39 is 0 Å². The standard InChI is InChI=1S/C10H21NO2/c1-3-5-6-7-11(8-9-12)10(13)4-2/h12H,3-9H2,1-2H3. The molecule has 0 aromatic heterocycles. The minimum absolute atomic E-state index is 0.0673. The van der Waals surface area contributed by atoms with Crippen LogP contribution in [0.5, 0.6) is 0 Å². The van der Waals surface area contributed by atoms with Crippen molar-refractivity contribution in [1.29, 1.82) is 0 Å². The van der Waals surface area contributed by atoms with Gasteiger partial charge in [0.1, 0.15) is 0 Å². The number of rotatable bonds is 7. The Hall–Kier alpha value is -0.570. The van der Waals surface area contributed by atoms with Gasteiger partial charge in [0, 0.05) is 19.5 Å². The fraction of sp³-hybridized carbons (Fsp3) is 0.900. The molecular formula is C10H21NO2. The first kappa shape index (κ1) is 12.4. The summed E-state index contributed by atoms with van der Waals surface area (Å²) in [6.07, 6.45) is 3.89. The van der Waals surface area contributed by atoms with E-state index in [4.69, 9.17) is 5.11 Å². The van der Waals surface area contributed by atoms with Crippen LogP contribution in [-0.2, 0) is 4.79 Å². The van der Waals surface area contributed by atoms with Crippen molar-refractivity contribution in [3.05, 3.63) is 0 Å². The molecular weight excluding hydrogens is 166 g/mol. The number of nitrogens with zero attached hydrogens (tertiary/aromatic N) is 1. The van der Waals surface area contributed by atoms with Crippen molar-refractivity contribution in [2.75, 3.05) is 19.7 Å². The molecule has 78 valence electrons. The first-order chi connectivity index (χ1) is 6.26. The van der Waals surface area contributed by atoms with Gasteiger partial charge in [0.25, 0.3) is 0 Å². The van der Waals surface area contributed by atoms with Gasteiger partial charge in [0.05, 0.1) is 6.61 Å². The maximum atomic E-state index is 11.3. The Morgan fingerprint density at radius 1 is 1.23 bits per heavy atom. The van der Waals surface area contributed by atoms with E-state index in [0.717, 1.165) is 25.8 Å². The lowest BCUT2D eigenvalue weighted by Gasteiger charge is -2.20. The van der Waals surface area contributed by atoms with Gasteiger partial charge >= 0.3 is 0 Å². The van der Waals surface area contributed by atoms with Gasteiger partial charge in [-0.1, -0.05) is 26.7 Å². The van der Waals surface area contributed by atoms with E-state index in [9.17, 15) is 4.79 Å². The highest BCUT2D eigenvalue weighted by Gasteiger charge is 2.09. The van der Waals surface area contributed by atoms with Gasteiger partial charge in [0.2, 0.25) is 5.91 Å². The quantitative estimate of drug-likeness (QED) is 0.612. The first-order valence-electron chi connectivity index (χ1n) is 5.14. The van der Waals surface area contributed by atoms with Crippen molar-refractivity contribution in [2.45, 2.75) is 39.5 Å². The summed E-state index contributed by atoms with van der Waals surface area (Å²) in [5.41, 5.74) is 0. The van der Waals surface area contributed by atoms with Crippen LogP contribution >= 0.6 is 0 Å². The summed E-state index contributed by atoms with van der Waals surface area (Å²) in [7, 11) is 0. The smallest absolute Gasteiger partial charge is 0.222 e. The van der Waals surface area contributed by atoms with E-state index in [0.29, 0.717) is 13.0 Å². The molecule has 0 spiro atoms. The molecule has 0 bridgehead atoms. The first-order valence-corrected chi connectivity index (χ1v) is 5.14. The Morgan fingerprint density at radius 2 is 1.92 bits per heavy atom. The van der Waals surface area contributed by atoms with Crippen LogP contribution in [0.3, 0.4) is 0 Å². The topological polar surface area (TPSA) is 40.5 Å². The molecule has 0 heterocycles. The molecule has 0 aliphatic carbocycles. The second kappa shape index (κ2) is 8.05. The van der Waals surface area contributed by atoms with E-state index in [2.05, 4.69) is 6.92 Å². The van der Waals surface area contributed by atoms with E-state index in [1.54, 1.807) is 4.90 Å². The summed E-state index contributed by atoms with van der Waals surface area (Å²) in [5, 5.41) is 8.74. The van der Waals surface area contributed by atoms with Crippen molar-refractivity contribution in [3.8, 4) is 0 Å². The van der Waals surface area contributed by atoms with Crippen molar-refractivity contribution >= 4 is 5.91 Å². The Bertz CT molecular complexity index is 137. The lowest BCUT2D eigenvalue weighted by molar-refractivity contribution is -0.131. The van der Waals surface area contributed by atoms with E-state index >= 15 is 0 Å². The van der Waals surface area contributed by atoms with Crippen LogP contribution in [0.25, 0.3) is 0 Å². The van der Waals surface area contributed by atoms with Crippen LogP contribution in [0.2, 0.25) is 0 Å². The second-order valence-electron chi connectivity index (χ2n) is 3.17. The molecule has 0 aliphatic rings. The lowest BCUT2D eigenvalue weighted by Crippen LogP contribution is -2.33. The molecule has 0 radical (unpaired) electrons. The molecule has 0 saturated carbocycles. The maximum Gasteiger partial charge on any atom is 0.222 e. The predicted octanol–water partition coefficient (Wildman–Crippen LogP) is 1.41. The third-order valence-electron chi connectivity index (χ3n) is 2.06. The van der Waals surface area contributed by atoms with E-state index in [1.165, 1.54) is 0 Å². The summed E-state index contributed by atoms with van der Waals surface area (Å²) >= 11 is 0. The molecule has 0 atom stereocenters. The van der Waals surface area contributed by atoms with Gasteiger partial charge in [-0.15, -0.1) is 0 Å². The fourth-order valence-corrected chi connectivity index (χ4v) is 1.26. The molecule has 0 rings (SSSR count). The van der Waals surface area contributed by atoms with Crippen LogP contribution in [0.4, 0.5) is 0 Å². The summed E-state index contributed by atoms with van der Waals surface area (Å²) < 4.78 is 0. The molecule has 13 heavy (non-hydrogen) atoms. The highest BCUT2D eigenvalue weighted by Crippen LogP contribution is 2.00. The van der Waals surface area contributed by atoms with Gasteiger partial charge in [-0.05, 0) is 6.42 Å². The third kappa shape index (κ3) is 5.64. The Labute approximate surface area is 80.7 Å². The second-order valence-corrected chi connectivity index (χ2v) is 3.17. The zero-order valence-corrected chi connectivity index (χ0v) is 8.75. The zero-order chi connectivity index (χ0) is 10.1. The molecule has 0 saturated heterocycles. The minimum atomic E-state index is 0.0673. The van der Waals surface area contributed by atoms with E-state index in [-0.39, 0.29) is 12.5 Å². The van der Waals surface area contributed by atoms with Crippen LogP contribution in [0.15, 0.2) is 0 Å². The van der Waals surface area contributed by atoms with Crippen LogP contribution in [-0.4, -0.2) is 35.6 Å². The summed E-state index contributed by atoms with van der Waals surface area (Å²) in [4.78, 5) is 13.1. The van der Waals surface area contributed by atoms with Gasteiger partial charge in [-0.25, -0.2) is 0 Å². The average Bonchev–Trinajstić information content (AvgIpc) is 2.16. The number of aliphatic hydroxyl groups excluding tert-OH is 1.